The minimum atomic E-state index is -4.25. The predicted octanol–water partition coefficient (Wildman–Crippen LogP) is 1.82. The number of nitrogens with one attached hydrogen (secondary N) is 2. The summed E-state index contributed by atoms with van der Waals surface area (Å²) in [6.07, 6.45) is 4.58. The van der Waals surface area contributed by atoms with Crippen molar-refractivity contribution in [3.63, 3.8) is 0 Å². The van der Waals surface area contributed by atoms with Crippen molar-refractivity contribution in [1.82, 2.24) is 10.0 Å². The van der Waals surface area contributed by atoms with Gasteiger partial charge in [-0.05, 0) is 76.3 Å². The molecule has 7 nitrogen and oxygen atoms in total. The summed E-state index contributed by atoms with van der Waals surface area (Å²) in [6.45, 7) is 2.90. The van der Waals surface area contributed by atoms with Crippen molar-refractivity contribution in [3.05, 3.63) is 30.1 Å². The highest BCUT2D eigenvalue weighted by Crippen LogP contribution is 2.61. The molecule has 0 saturated heterocycles. The number of sulfonamides is 1. The SMILES string of the molecule is CC(C)(NS(=O)(=O)c1ccccc1F)C(=O)NC12CC3CC(C1)CC(C(N)=O)(C3)C2. The summed E-state index contributed by atoms with van der Waals surface area (Å²) in [5.41, 5.74) is 3.09. The number of carbonyl (C=O) groups is 2. The molecule has 9 heteroatoms. The van der Waals surface area contributed by atoms with Gasteiger partial charge in [-0.25, -0.2) is 12.8 Å². The number of hydrogen-bond acceptors (Lipinski definition) is 4. The van der Waals surface area contributed by atoms with Gasteiger partial charge in [0, 0.05) is 5.54 Å². The summed E-state index contributed by atoms with van der Waals surface area (Å²) in [5, 5.41) is 3.07. The number of rotatable bonds is 6. The van der Waals surface area contributed by atoms with E-state index in [9.17, 15) is 22.4 Å². The van der Waals surface area contributed by atoms with Gasteiger partial charge in [-0.15, -0.1) is 0 Å². The first kappa shape index (κ1) is 21.2. The number of nitrogens with two attached hydrogens (primary N) is 1. The number of hydrogen-bond donors (Lipinski definition) is 3. The molecule has 4 bridgehead atoms. The summed E-state index contributed by atoms with van der Waals surface area (Å²) < 4.78 is 41.7. The minimum Gasteiger partial charge on any atom is -0.369 e. The molecule has 30 heavy (non-hydrogen) atoms. The van der Waals surface area contributed by atoms with Crippen molar-refractivity contribution in [2.75, 3.05) is 0 Å². The molecule has 164 valence electrons. The smallest absolute Gasteiger partial charge is 0.244 e. The lowest BCUT2D eigenvalue weighted by Gasteiger charge is -2.61. The first-order chi connectivity index (χ1) is 13.9. The molecule has 0 spiro atoms. The van der Waals surface area contributed by atoms with Crippen molar-refractivity contribution in [3.8, 4) is 0 Å². The summed E-state index contributed by atoms with van der Waals surface area (Å²) in [5.74, 6) is -1.03. The second-order valence-electron chi connectivity index (χ2n) is 10.0. The highest BCUT2D eigenvalue weighted by molar-refractivity contribution is 7.89. The molecule has 4 aliphatic carbocycles. The van der Waals surface area contributed by atoms with Crippen molar-refractivity contribution in [2.45, 2.75) is 68.3 Å². The Morgan fingerprint density at radius 3 is 2.30 bits per heavy atom. The lowest BCUT2D eigenvalue weighted by molar-refractivity contribution is -0.151. The van der Waals surface area contributed by atoms with E-state index >= 15 is 0 Å². The second kappa shape index (κ2) is 6.75. The Labute approximate surface area is 176 Å². The standard InChI is InChI=1S/C21H28FN3O4S/c1-19(2,25-30(28,29)16-6-4-3-5-15(16)22)18(27)24-21-10-13-7-14(11-21)9-20(8-13,12-21)17(23)26/h3-6,13-14,25H,7-12H2,1-2H3,(H2,23,26)(H,24,27). The Kier molecular flexibility index (Phi) is 4.78. The molecule has 2 amide bonds. The number of benzene rings is 1. The van der Waals surface area contributed by atoms with Crippen LogP contribution in [-0.2, 0) is 19.6 Å². The lowest BCUT2D eigenvalue weighted by Crippen LogP contribution is -2.68. The first-order valence-electron chi connectivity index (χ1n) is 10.3. The maximum atomic E-state index is 14.0. The fraction of sp³-hybridized carbons (Fsp3) is 0.619. The third kappa shape index (κ3) is 3.51. The van der Waals surface area contributed by atoms with Crippen LogP contribution in [0.15, 0.2) is 29.2 Å². The Balaban J connectivity index is 1.55. The molecule has 1 aromatic carbocycles. The van der Waals surface area contributed by atoms with Gasteiger partial charge in [0.2, 0.25) is 21.8 Å². The molecule has 1 aromatic rings. The van der Waals surface area contributed by atoms with Crippen LogP contribution < -0.4 is 15.8 Å². The average molecular weight is 438 g/mol. The zero-order valence-corrected chi connectivity index (χ0v) is 18.0. The van der Waals surface area contributed by atoms with Crippen LogP contribution in [0, 0.1) is 23.1 Å². The fourth-order valence-electron chi connectivity index (χ4n) is 6.19. The van der Waals surface area contributed by atoms with E-state index < -0.39 is 43.1 Å². The Bertz CT molecular complexity index is 993. The minimum absolute atomic E-state index is 0.310. The third-order valence-corrected chi connectivity index (χ3v) is 8.73. The van der Waals surface area contributed by atoms with Gasteiger partial charge in [-0.2, -0.15) is 4.72 Å². The first-order valence-corrected chi connectivity index (χ1v) is 11.8. The largest absolute Gasteiger partial charge is 0.369 e. The molecule has 0 radical (unpaired) electrons. The van der Waals surface area contributed by atoms with E-state index in [0.29, 0.717) is 18.3 Å². The van der Waals surface area contributed by atoms with Crippen molar-refractivity contribution >= 4 is 21.8 Å². The lowest BCUT2D eigenvalue weighted by atomic mass is 9.46. The molecular formula is C21H28FN3O4S. The van der Waals surface area contributed by atoms with Crippen LogP contribution in [0.2, 0.25) is 0 Å². The fourth-order valence-corrected chi connectivity index (χ4v) is 7.65. The summed E-state index contributed by atoms with van der Waals surface area (Å²) in [7, 11) is -4.25. The normalized spacial score (nSPS) is 32.8. The van der Waals surface area contributed by atoms with Gasteiger partial charge >= 0.3 is 0 Å². The number of carbonyl (C=O) groups excluding carboxylic acids is 2. The van der Waals surface area contributed by atoms with Crippen LogP contribution in [0.1, 0.15) is 52.4 Å². The third-order valence-electron chi connectivity index (χ3n) is 7.05. The van der Waals surface area contributed by atoms with Gasteiger partial charge in [-0.3, -0.25) is 9.59 Å². The maximum Gasteiger partial charge on any atom is 0.244 e. The predicted molar refractivity (Wildman–Crippen MR) is 108 cm³/mol. The van der Waals surface area contributed by atoms with Gasteiger partial charge in [-0.1, -0.05) is 12.1 Å². The second-order valence-corrected chi connectivity index (χ2v) is 11.7. The average Bonchev–Trinajstić information content (AvgIpc) is 2.59. The van der Waals surface area contributed by atoms with Crippen LogP contribution in [0.5, 0.6) is 0 Å². The van der Waals surface area contributed by atoms with Crippen LogP contribution in [0.3, 0.4) is 0 Å². The van der Waals surface area contributed by atoms with Gasteiger partial charge in [0.1, 0.15) is 16.3 Å². The summed E-state index contributed by atoms with van der Waals surface area (Å²) >= 11 is 0. The van der Waals surface area contributed by atoms with E-state index in [1.54, 1.807) is 0 Å². The van der Waals surface area contributed by atoms with Gasteiger partial charge < -0.3 is 11.1 Å². The monoisotopic (exact) mass is 437 g/mol. The topological polar surface area (TPSA) is 118 Å². The molecule has 0 aliphatic heterocycles. The van der Waals surface area contributed by atoms with E-state index in [-0.39, 0.29) is 5.91 Å². The van der Waals surface area contributed by atoms with Crippen molar-refractivity contribution in [1.29, 1.82) is 0 Å². The van der Waals surface area contributed by atoms with Crippen LogP contribution >= 0.6 is 0 Å². The van der Waals surface area contributed by atoms with E-state index in [0.717, 1.165) is 44.2 Å². The molecule has 2 unspecified atom stereocenters. The maximum absolute atomic E-state index is 14.0. The van der Waals surface area contributed by atoms with E-state index in [1.165, 1.54) is 26.0 Å². The van der Waals surface area contributed by atoms with Gasteiger partial charge in [0.05, 0.1) is 5.41 Å². The molecule has 0 aromatic heterocycles. The highest BCUT2D eigenvalue weighted by atomic mass is 32.2. The number of amides is 2. The summed E-state index contributed by atoms with van der Waals surface area (Å²) in [4.78, 5) is 24.9. The van der Waals surface area contributed by atoms with E-state index in [2.05, 4.69) is 10.0 Å². The van der Waals surface area contributed by atoms with E-state index in [1.807, 2.05) is 0 Å². The van der Waals surface area contributed by atoms with Crippen LogP contribution in [-0.4, -0.2) is 31.3 Å². The zero-order chi connectivity index (χ0) is 21.9. The van der Waals surface area contributed by atoms with Gasteiger partial charge in [0.15, 0.2) is 0 Å². The molecule has 5 rings (SSSR count). The molecular weight excluding hydrogens is 409 g/mol. The van der Waals surface area contributed by atoms with Crippen molar-refractivity contribution < 1.29 is 22.4 Å². The molecule has 4 saturated carbocycles. The Morgan fingerprint density at radius 2 is 1.73 bits per heavy atom. The molecule has 2 atom stereocenters. The quantitative estimate of drug-likeness (QED) is 0.629. The molecule has 0 heterocycles. The van der Waals surface area contributed by atoms with Gasteiger partial charge in [0.25, 0.3) is 0 Å². The zero-order valence-electron chi connectivity index (χ0n) is 17.2. The Hall–Kier alpha value is -2.00. The molecule has 4 N–H and O–H groups in total. The molecule has 4 aliphatic rings. The van der Waals surface area contributed by atoms with E-state index in [4.69, 9.17) is 5.73 Å². The number of primary amides is 1. The molecule has 4 fully saturated rings. The summed E-state index contributed by atoms with van der Waals surface area (Å²) in [6, 6.07) is 5.03. The van der Waals surface area contributed by atoms with Crippen molar-refractivity contribution in [2.24, 2.45) is 23.0 Å². The van der Waals surface area contributed by atoms with Crippen LogP contribution in [0.4, 0.5) is 4.39 Å². The number of halogens is 1. The highest BCUT2D eigenvalue weighted by Gasteiger charge is 2.61. The van der Waals surface area contributed by atoms with Crippen LogP contribution in [0.25, 0.3) is 0 Å². The Morgan fingerprint density at radius 1 is 1.13 bits per heavy atom.